The molecular weight excluding hydrogens is 476 g/mol. The molecular formula is C35H38N4. The van der Waals surface area contributed by atoms with E-state index in [0.717, 1.165) is 23.2 Å². The van der Waals surface area contributed by atoms with E-state index in [1.54, 1.807) is 0 Å². The van der Waals surface area contributed by atoms with E-state index in [4.69, 9.17) is 10.5 Å². The van der Waals surface area contributed by atoms with E-state index < -0.39 is 0 Å². The van der Waals surface area contributed by atoms with Crippen LogP contribution < -0.4 is 0 Å². The molecule has 4 heteroatoms. The first kappa shape index (κ1) is 26.6. The van der Waals surface area contributed by atoms with Gasteiger partial charge < -0.3 is 9.13 Å². The zero-order valence-electron chi connectivity index (χ0n) is 23.4. The maximum Gasteiger partial charge on any atom is 0.0991 e. The van der Waals surface area contributed by atoms with E-state index in [-0.39, 0.29) is 0 Å². The number of rotatable bonds is 6. The maximum atomic E-state index is 8.91. The first-order valence-corrected chi connectivity index (χ1v) is 14.3. The van der Waals surface area contributed by atoms with Gasteiger partial charge in [-0.05, 0) is 124 Å². The van der Waals surface area contributed by atoms with Crippen LogP contribution in [0.15, 0.2) is 72.8 Å². The zero-order valence-corrected chi connectivity index (χ0v) is 23.4. The fourth-order valence-electron chi connectivity index (χ4n) is 5.93. The van der Waals surface area contributed by atoms with Crippen molar-refractivity contribution in [2.45, 2.75) is 71.6 Å². The highest BCUT2D eigenvalue weighted by molar-refractivity contribution is 5.44. The molecule has 0 bridgehead atoms. The summed E-state index contributed by atoms with van der Waals surface area (Å²) < 4.78 is 4.66. The van der Waals surface area contributed by atoms with Crippen LogP contribution in [0.1, 0.15) is 85.3 Å². The number of nitriles is 2. The van der Waals surface area contributed by atoms with Crippen LogP contribution in [0.4, 0.5) is 0 Å². The molecule has 1 unspecified atom stereocenters. The highest BCUT2D eigenvalue weighted by atomic mass is 15.0. The molecule has 2 aliphatic rings. The van der Waals surface area contributed by atoms with Crippen molar-refractivity contribution in [1.29, 1.82) is 10.5 Å². The third-order valence-electron chi connectivity index (χ3n) is 8.82. The van der Waals surface area contributed by atoms with Gasteiger partial charge in [0.2, 0.25) is 0 Å². The minimum Gasteiger partial charge on any atom is -0.318 e. The van der Waals surface area contributed by atoms with Crippen LogP contribution in [0.5, 0.6) is 0 Å². The van der Waals surface area contributed by atoms with Crippen molar-refractivity contribution in [2.75, 3.05) is 0 Å². The molecule has 2 saturated carbocycles. The van der Waals surface area contributed by atoms with Crippen molar-refractivity contribution in [3.63, 3.8) is 0 Å². The number of hydrogen-bond donors (Lipinski definition) is 0. The van der Waals surface area contributed by atoms with Crippen molar-refractivity contribution >= 4 is 0 Å². The second-order valence-electron chi connectivity index (χ2n) is 11.3. The van der Waals surface area contributed by atoms with E-state index in [0.29, 0.717) is 17.0 Å². The van der Waals surface area contributed by atoms with Gasteiger partial charge in [-0.15, -0.1) is 0 Å². The number of aromatic nitrogens is 2. The standard InChI is InChI=1S/C18H20N2.C17H18N2/c1-13-6-11-18(14(2)16-4-3-5-16)20(13)17-9-7-15(12-19)8-10-17;1-13-5-8-17(11-14-3-2-4-14)19(13)16-9-6-15(12-18)7-10-16/h6-11,14,16H,3-5H2,1-2H3;5-10,14H,2-4,11H2,1H3. The molecule has 4 nitrogen and oxygen atoms in total. The van der Waals surface area contributed by atoms with Gasteiger partial charge in [-0.25, -0.2) is 0 Å². The second kappa shape index (κ2) is 11.8. The average molecular weight is 515 g/mol. The molecule has 0 aliphatic heterocycles. The van der Waals surface area contributed by atoms with Gasteiger partial charge in [-0.1, -0.05) is 32.6 Å². The lowest BCUT2D eigenvalue weighted by Gasteiger charge is -2.32. The highest BCUT2D eigenvalue weighted by Crippen LogP contribution is 2.40. The Hall–Kier alpha value is -4.02. The van der Waals surface area contributed by atoms with Crippen LogP contribution >= 0.6 is 0 Å². The Bertz CT molecular complexity index is 1480. The fraction of sp³-hybridized carbons (Fsp3) is 0.371. The van der Waals surface area contributed by atoms with Crippen molar-refractivity contribution in [1.82, 2.24) is 9.13 Å². The van der Waals surface area contributed by atoms with Gasteiger partial charge in [0.25, 0.3) is 0 Å². The smallest absolute Gasteiger partial charge is 0.0991 e. The predicted molar refractivity (Wildman–Crippen MR) is 157 cm³/mol. The van der Waals surface area contributed by atoms with E-state index in [1.165, 1.54) is 67.7 Å². The molecule has 0 amide bonds. The number of aryl methyl sites for hydroxylation is 2. The van der Waals surface area contributed by atoms with E-state index in [2.05, 4.69) is 66.3 Å². The van der Waals surface area contributed by atoms with Crippen molar-refractivity contribution in [3.8, 4) is 23.5 Å². The van der Waals surface area contributed by atoms with Crippen molar-refractivity contribution < 1.29 is 0 Å². The van der Waals surface area contributed by atoms with Gasteiger partial charge in [0.15, 0.2) is 0 Å². The van der Waals surface area contributed by atoms with Crippen LogP contribution in [0.3, 0.4) is 0 Å². The van der Waals surface area contributed by atoms with Gasteiger partial charge in [-0.3, -0.25) is 0 Å². The average Bonchev–Trinajstić information content (AvgIpc) is 3.47. The normalized spacial score (nSPS) is 15.7. The first-order valence-electron chi connectivity index (χ1n) is 14.3. The molecule has 0 radical (unpaired) electrons. The predicted octanol–water partition coefficient (Wildman–Crippen LogP) is 8.56. The number of benzene rings is 2. The summed E-state index contributed by atoms with van der Waals surface area (Å²) >= 11 is 0. The lowest BCUT2D eigenvalue weighted by atomic mass is 9.75. The van der Waals surface area contributed by atoms with Crippen LogP contribution in [-0.2, 0) is 6.42 Å². The summed E-state index contributed by atoms with van der Waals surface area (Å²) in [6, 6.07) is 29.0. The molecule has 2 heterocycles. The lowest BCUT2D eigenvalue weighted by Crippen LogP contribution is -2.20. The summed E-state index contributed by atoms with van der Waals surface area (Å²) in [6.07, 6.45) is 9.41. The van der Waals surface area contributed by atoms with Crippen molar-refractivity contribution in [2.24, 2.45) is 11.8 Å². The molecule has 0 saturated heterocycles. The molecule has 2 fully saturated rings. The molecule has 0 spiro atoms. The number of nitrogens with zero attached hydrogens (tertiary/aromatic N) is 4. The Morgan fingerprint density at radius 1 is 0.692 bits per heavy atom. The third kappa shape index (κ3) is 5.71. The Labute approximate surface area is 233 Å². The Morgan fingerprint density at radius 3 is 1.69 bits per heavy atom. The molecule has 4 aromatic rings. The van der Waals surface area contributed by atoms with Gasteiger partial charge in [0, 0.05) is 34.2 Å². The molecule has 39 heavy (non-hydrogen) atoms. The van der Waals surface area contributed by atoms with Gasteiger partial charge in [-0.2, -0.15) is 10.5 Å². The first-order chi connectivity index (χ1) is 19.0. The SMILES string of the molecule is Cc1ccc(C(C)C2CCC2)n1-c1ccc(C#N)cc1.Cc1ccc(CC2CCC2)n1-c1ccc(C#N)cc1. The quantitative estimate of drug-likeness (QED) is 0.259. The summed E-state index contributed by atoms with van der Waals surface area (Å²) in [5, 5.41) is 17.8. The topological polar surface area (TPSA) is 57.4 Å². The highest BCUT2D eigenvalue weighted by Gasteiger charge is 2.27. The molecule has 0 N–H and O–H groups in total. The van der Waals surface area contributed by atoms with E-state index >= 15 is 0 Å². The van der Waals surface area contributed by atoms with E-state index in [9.17, 15) is 0 Å². The molecule has 6 rings (SSSR count). The second-order valence-corrected chi connectivity index (χ2v) is 11.3. The summed E-state index contributed by atoms with van der Waals surface area (Å²) in [4.78, 5) is 0. The minimum atomic E-state index is 0.605. The maximum absolute atomic E-state index is 8.91. The fourth-order valence-corrected chi connectivity index (χ4v) is 5.93. The molecule has 1 atom stereocenters. The molecule has 2 aliphatic carbocycles. The number of hydrogen-bond acceptors (Lipinski definition) is 2. The van der Waals surface area contributed by atoms with Crippen LogP contribution in [0.25, 0.3) is 11.4 Å². The van der Waals surface area contributed by atoms with Crippen molar-refractivity contribution in [3.05, 3.63) is 107 Å². The third-order valence-corrected chi connectivity index (χ3v) is 8.82. The van der Waals surface area contributed by atoms with Gasteiger partial charge in [0.1, 0.15) is 0 Å². The van der Waals surface area contributed by atoms with Crippen LogP contribution in [0.2, 0.25) is 0 Å². The Kier molecular flexibility index (Phi) is 8.04. The molecule has 198 valence electrons. The summed E-state index contributed by atoms with van der Waals surface area (Å²) in [5.74, 6) is 2.31. The van der Waals surface area contributed by atoms with Crippen LogP contribution in [-0.4, -0.2) is 9.13 Å². The Morgan fingerprint density at radius 2 is 1.21 bits per heavy atom. The van der Waals surface area contributed by atoms with Crippen LogP contribution in [0, 0.1) is 48.3 Å². The summed E-state index contributed by atoms with van der Waals surface area (Å²) in [5.41, 5.74) is 9.07. The molecule has 2 aromatic carbocycles. The van der Waals surface area contributed by atoms with E-state index in [1.807, 2.05) is 48.5 Å². The Balaban J connectivity index is 0.000000158. The minimum absolute atomic E-state index is 0.605. The van der Waals surface area contributed by atoms with Gasteiger partial charge in [0.05, 0.1) is 23.3 Å². The molecule has 2 aromatic heterocycles. The lowest BCUT2D eigenvalue weighted by molar-refractivity contribution is 0.267. The van der Waals surface area contributed by atoms with Gasteiger partial charge >= 0.3 is 0 Å². The summed E-state index contributed by atoms with van der Waals surface area (Å²) in [6.45, 7) is 6.64. The summed E-state index contributed by atoms with van der Waals surface area (Å²) in [7, 11) is 0. The largest absolute Gasteiger partial charge is 0.318 e. The monoisotopic (exact) mass is 514 g/mol. The zero-order chi connectivity index (χ0) is 27.4.